The van der Waals surface area contributed by atoms with E-state index in [0.717, 1.165) is 35.9 Å². The number of hydrogen-bond acceptors (Lipinski definition) is 3. The summed E-state index contributed by atoms with van der Waals surface area (Å²) in [5.74, 6) is 1.46. The van der Waals surface area contributed by atoms with Gasteiger partial charge in [-0.3, -0.25) is 0 Å². The zero-order valence-corrected chi connectivity index (χ0v) is 12.9. The molecule has 0 aliphatic carbocycles. The average molecular weight is 288 g/mol. The summed E-state index contributed by atoms with van der Waals surface area (Å²) in [4.78, 5) is 0. The second-order valence-corrected chi connectivity index (χ2v) is 6.80. The second kappa shape index (κ2) is 4.91. The summed E-state index contributed by atoms with van der Waals surface area (Å²) < 4.78 is 15.8. The van der Waals surface area contributed by atoms with E-state index in [0.29, 0.717) is 0 Å². The highest BCUT2D eigenvalue weighted by Gasteiger charge is 2.33. The summed E-state index contributed by atoms with van der Waals surface area (Å²) >= 11 is 0. The van der Waals surface area contributed by atoms with Gasteiger partial charge in [-0.1, -0.05) is 20.8 Å². The molecule has 2 heterocycles. The molecule has 0 saturated heterocycles. The molecule has 0 radical (unpaired) electrons. The van der Waals surface area contributed by atoms with Crippen LogP contribution in [0.15, 0.2) is 18.2 Å². The van der Waals surface area contributed by atoms with E-state index in [1.54, 1.807) is 0 Å². The maximum Gasteiger partial charge on any atom is 0.164 e. The Labute approximate surface area is 124 Å². The molecule has 1 aromatic heterocycles. The van der Waals surface area contributed by atoms with Crippen LogP contribution in [-0.2, 0) is 6.54 Å². The first kappa shape index (κ1) is 14.2. The van der Waals surface area contributed by atoms with E-state index in [1.807, 2.05) is 13.0 Å². The molecular formula is C16H21FN4. The van der Waals surface area contributed by atoms with Crippen LogP contribution in [0.1, 0.15) is 38.2 Å². The Hall–Kier alpha value is -1.75. The molecule has 1 N–H and O–H groups in total. The number of nitrogens with one attached hydrogen (secondary N) is 1. The molecule has 0 amide bonds. The molecule has 2 aromatic rings. The maximum absolute atomic E-state index is 13.6. The van der Waals surface area contributed by atoms with Gasteiger partial charge in [0, 0.05) is 18.7 Å². The first-order valence-corrected chi connectivity index (χ1v) is 7.30. The van der Waals surface area contributed by atoms with Crippen molar-refractivity contribution in [2.24, 2.45) is 5.41 Å². The number of aromatic nitrogens is 3. The van der Waals surface area contributed by atoms with E-state index in [9.17, 15) is 4.39 Å². The van der Waals surface area contributed by atoms with Gasteiger partial charge in [-0.25, -0.2) is 4.39 Å². The molecule has 1 unspecified atom stereocenters. The Morgan fingerprint density at radius 3 is 2.67 bits per heavy atom. The minimum atomic E-state index is -0.233. The number of benzene rings is 1. The lowest BCUT2D eigenvalue weighted by Crippen LogP contribution is -2.40. The molecule has 0 spiro atoms. The van der Waals surface area contributed by atoms with Gasteiger partial charge in [-0.2, -0.15) is 0 Å². The fraction of sp³-hybridized carbons (Fsp3) is 0.500. The van der Waals surface area contributed by atoms with Crippen LogP contribution < -0.4 is 5.32 Å². The van der Waals surface area contributed by atoms with Crippen molar-refractivity contribution in [1.82, 2.24) is 20.1 Å². The van der Waals surface area contributed by atoms with Crippen LogP contribution in [0.2, 0.25) is 0 Å². The van der Waals surface area contributed by atoms with Gasteiger partial charge in [0.05, 0.1) is 6.04 Å². The molecule has 1 atom stereocenters. The van der Waals surface area contributed by atoms with Gasteiger partial charge >= 0.3 is 0 Å². The molecular weight excluding hydrogens is 267 g/mol. The van der Waals surface area contributed by atoms with Gasteiger partial charge in [0.25, 0.3) is 0 Å². The summed E-state index contributed by atoms with van der Waals surface area (Å²) in [7, 11) is 0. The molecule has 0 fully saturated rings. The van der Waals surface area contributed by atoms with Crippen molar-refractivity contribution in [1.29, 1.82) is 0 Å². The molecule has 5 heteroatoms. The Kier molecular flexibility index (Phi) is 3.32. The molecule has 3 rings (SSSR count). The fourth-order valence-corrected chi connectivity index (χ4v) is 2.93. The number of halogens is 1. The Morgan fingerprint density at radius 1 is 1.24 bits per heavy atom. The molecule has 112 valence electrons. The summed E-state index contributed by atoms with van der Waals surface area (Å²) in [5, 5.41) is 12.2. The number of nitrogens with zero attached hydrogens (tertiary/aromatic N) is 3. The standard InChI is InChI=1S/C16H21FN4/c1-10-7-11(9-12(17)8-10)14-19-20-15-13(16(2,3)4)18-5-6-21(14)15/h7-9,13,18H,5-6H2,1-4H3. The van der Waals surface area contributed by atoms with Gasteiger partial charge in [0.1, 0.15) is 5.82 Å². The van der Waals surface area contributed by atoms with Crippen molar-refractivity contribution in [2.75, 3.05) is 6.54 Å². The maximum atomic E-state index is 13.6. The van der Waals surface area contributed by atoms with Crippen LogP contribution in [0, 0.1) is 18.2 Å². The van der Waals surface area contributed by atoms with Crippen LogP contribution in [0.3, 0.4) is 0 Å². The quantitative estimate of drug-likeness (QED) is 0.877. The predicted molar refractivity (Wildman–Crippen MR) is 80.4 cm³/mol. The van der Waals surface area contributed by atoms with E-state index in [1.165, 1.54) is 12.1 Å². The van der Waals surface area contributed by atoms with Crippen LogP contribution >= 0.6 is 0 Å². The number of aryl methyl sites for hydroxylation is 1. The average Bonchev–Trinajstić information content (AvgIpc) is 2.79. The molecule has 0 bridgehead atoms. The third kappa shape index (κ3) is 2.58. The van der Waals surface area contributed by atoms with Crippen molar-refractivity contribution < 1.29 is 4.39 Å². The van der Waals surface area contributed by atoms with E-state index >= 15 is 0 Å². The summed E-state index contributed by atoms with van der Waals surface area (Å²) in [6, 6.07) is 5.16. The van der Waals surface area contributed by atoms with Gasteiger partial charge in [0.2, 0.25) is 0 Å². The Bertz CT molecular complexity index is 649. The van der Waals surface area contributed by atoms with Crippen molar-refractivity contribution >= 4 is 0 Å². The van der Waals surface area contributed by atoms with Gasteiger partial charge < -0.3 is 9.88 Å². The molecule has 1 aromatic carbocycles. The summed E-state index contributed by atoms with van der Waals surface area (Å²) in [6.45, 7) is 10.1. The topological polar surface area (TPSA) is 42.7 Å². The zero-order valence-electron chi connectivity index (χ0n) is 12.9. The van der Waals surface area contributed by atoms with Gasteiger partial charge in [-0.15, -0.1) is 10.2 Å². The van der Waals surface area contributed by atoms with Gasteiger partial charge in [0.15, 0.2) is 11.6 Å². The lowest BCUT2D eigenvalue weighted by atomic mass is 9.85. The molecule has 1 aliphatic heterocycles. The van der Waals surface area contributed by atoms with Crippen molar-refractivity contribution in [3.8, 4) is 11.4 Å². The highest BCUT2D eigenvalue weighted by atomic mass is 19.1. The second-order valence-electron chi connectivity index (χ2n) is 6.80. The highest BCUT2D eigenvalue weighted by Crippen LogP contribution is 2.35. The lowest BCUT2D eigenvalue weighted by molar-refractivity contribution is 0.234. The van der Waals surface area contributed by atoms with E-state index in [-0.39, 0.29) is 17.3 Å². The van der Waals surface area contributed by atoms with Crippen molar-refractivity contribution in [3.05, 3.63) is 35.4 Å². The van der Waals surface area contributed by atoms with E-state index in [2.05, 4.69) is 40.9 Å². The first-order valence-electron chi connectivity index (χ1n) is 7.30. The van der Waals surface area contributed by atoms with Gasteiger partial charge in [-0.05, 0) is 36.1 Å². The van der Waals surface area contributed by atoms with Crippen molar-refractivity contribution in [3.63, 3.8) is 0 Å². The van der Waals surface area contributed by atoms with E-state index in [4.69, 9.17) is 0 Å². The summed E-state index contributed by atoms with van der Waals surface area (Å²) in [6.07, 6.45) is 0. The molecule has 21 heavy (non-hydrogen) atoms. The van der Waals surface area contributed by atoms with Crippen LogP contribution in [-0.4, -0.2) is 21.3 Å². The molecule has 0 saturated carbocycles. The predicted octanol–water partition coefficient (Wildman–Crippen LogP) is 3.08. The number of hydrogen-bond donors (Lipinski definition) is 1. The SMILES string of the molecule is Cc1cc(F)cc(-c2nnc3n2CCNC3C(C)(C)C)c1. The largest absolute Gasteiger partial charge is 0.308 e. The molecule has 1 aliphatic rings. The molecule has 4 nitrogen and oxygen atoms in total. The van der Waals surface area contributed by atoms with Crippen LogP contribution in [0.25, 0.3) is 11.4 Å². The van der Waals surface area contributed by atoms with Crippen LogP contribution in [0.5, 0.6) is 0 Å². The minimum absolute atomic E-state index is 0.0559. The fourth-order valence-electron chi connectivity index (χ4n) is 2.93. The monoisotopic (exact) mass is 288 g/mol. The normalized spacial score (nSPS) is 18.6. The summed E-state index contributed by atoms with van der Waals surface area (Å²) in [5.41, 5.74) is 1.74. The third-order valence-corrected chi connectivity index (χ3v) is 3.89. The third-order valence-electron chi connectivity index (χ3n) is 3.89. The Balaban J connectivity index is 2.09. The Morgan fingerprint density at radius 2 is 2.00 bits per heavy atom. The van der Waals surface area contributed by atoms with E-state index < -0.39 is 0 Å². The number of fused-ring (bicyclic) bond motifs is 1. The first-order chi connectivity index (χ1) is 9.86. The highest BCUT2D eigenvalue weighted by molar-refractivity contribution is 5.57. The lowest BCUT2D eigenvalue weighted by Gasteiger charge is -2.34. The smallest absolute Gasteiger partial charge is 0.164 e. The minimum Gasteiger partial charge on any atom is -0.308 e. The zero-order chi connectivity index (χ0) is 15.2. The van der Waals surface area contributed by atoms with Crippen LogP contribution in [0.4, 0.5) is 4.39 Å². The number of rotatable bonds is 1. The van der Waals surface area contributed by atoms with Crippen molar-refractivity contribution in [2.45, 2.75) is 40.3 Å².